The Morgan fingerprint density at radius 1 is 1.25 bits per heavy atom. The first-order valence-corrected chi connectivity index (χ1v) is 8.10. The Balaban J connectivity index is 2.58. The zero-order chi connectivity index (χ0) is 17.9. The molecule has 24 heavy (non-hydrogen) atoms. The highest BCUT2D eigenvalue weighted by molar-refractivity contribution is 5.72. The number of rotatable bonds is 4. The molecule has 0 amide bonds. The average Bonchev–Trinajstić information content (AvgIpc) is 2.47. The van der Waals surface area contributed by atoms with Crippen LogP contribution < -0.4 is 10.1 Å². The third-order valence-corrected chi connectivity index (χ3v) is 3.64. The summed E-state index contributed by atoms with van der Waals surface area (Å²) in [5.74, 6) is 1.24. The highest BCUT2D eigenvalue weighted by Gasteiger charge is 2.25. The molecule has 0 radical (unpaired) electrons. The molecule has 2 aromatic rings. The van der Waals surface area contributed by atoms with Gasteiger partial charge >= 0.3 is 5.97 Å². The maximum absolute atomic E-state index is 11.6. The molecule has 2 rings (SSSR count). The molecule has 0 saturated carbocycles. The monoisotopic (exact) mass is 327 g/mol. The van der Waals surface area contributed by atoms with E-state index in [1.165, 1.54) is 6.92 Å². The van der Waals surface area contributed by atoms with Crippen molar-refractivity contribution in [3.63, 3.8) is 0 Å². The minimum Gasteiger partial charge on any atom is -0.426 e. The quantitative estimate of drug-likeness (QED) is 0.658. The first-order valence-electron chi connectivity index (χ1n) is 8.10. The van der Waals surface area contributed by atoms with Crippen molar-refractivity contribution in [3.8, 4) is 5.75 Å². The van der Waals surface area contributed by atoms with Gasteiger partial charge in [0.15, 0.2) is 5.82 Å². The van der Waals surface area contributed by atoms with E-state index in [0.29, 0.717) is 11.6 Å². The van der Waals surface area contributed by atoms with Crippen LogP contribution in [0.15, 0.2) is 30.5 Å². The molecule has 0 aliphatic heterocycles. The van der Waals surface area contributed by atoms with Crippen LogP contribution in [0.4, 0.5) is 11.5 Å². The van der Waals surface area contributed by atoms with Crippen LogP contribution in [0.2, 0.25) is 0 Å². The van der Waals surface area contributed by atoms with E-state index in [0.717, 1.165) is 16.8 Å². The Bertz CT molecular complexity index is 719. The largest absolute Gasteiger partial charge is 0.426 e. The summed E-state index contributed by atoms with van der Waals surface area (Å²) in [6, 6.07) is 7.71. The number of benzene rings is 1. The summed E-state index contributed by atoms with van der Waals surface area (Å²) in [4.78, 5) is 11.6. The lowest BCUT2D eigenvalue weighted by Crippen LogP contribution is -2.17. The third kappa shape index (κ3) is 4.31. The van der Waals surface area contributed by atoms with Crippen LogP contribution in [-0.2, 0) is 10.2 Å². The molecule has 5 heteroatoms. The Morgan fingerprint density at radius 2 is 1.96 bits per heavy atom. The number of ether oxygens (including phenoxy) is 1. The molecule has 0 spiro atoms. The Labute approximate surface area is 143 Å². The van der Waals surface area contributed by atoms with E-state index in [1.807, 2.05) is 24.3 Å². The first-order chi connectivity index (χ1) is 11.2. The molecule has 0 bridgehead atoms. The Kier molecular flexibility index (Phi) is 5.22. The lowest BCUT2D eigenvalue weighted by Gasteiger charge is -2.26. The molecular formula is C19H25N3O2. The van der Waals surface area contributed by atoms with E-state index in [1.54, 1.807) is 6.20 Å². The normalized spacial score (nSPS) is 11.5. The molecule has 1 N–H and O–H groups in total. The van der Waals surface area contributed by atoms with E-state index in [9.17, 15) is 4.79 Å². The van der Waals surface area contributed by atoms with Crippen molar-refractivity contribution in [1.29, 1.82) is 0 Å². The van der Waals surface area contributed by atoms with Crippen molar-refractivity contribution in [1.82, 2.24) is 10.2 Å². The van der Waals surface area contributed by atoms with Crippen molar-refractivity contribution in [2.75, 3.05) is 5.32 Å². The maximum atomic E-state index is 11.6. The number of nitrogens with zero attached hydrogens (tertiary/aromatic N) is 2. The van der Waals surface area contributed by atoms with Gasteiger partial charge in [0.05, 0.1) is 0 Å². The SMILES string of the molecule is CC(=O)Oc1c(C(C)C)cc(Nc2cccnn2)cc1C(C)(C)C. The van der Waals surface area contributed by atoms with Crippen LogP contribution in [0.3, 0.4) is 0 Å². The highest BCUT2D eigenvalue weighted by Crippen LogP contribution is 2.40. The molecule has 0 fully saturated rings. The molecule has 0 atom stereocenters. The Morgan fingerprint density at radius 3 is 2.46 bits per heavy atom. The third-order valence-electron chi connectivity index (χ3n) is 3.64. The highest BCUT2D eigenvalue weighted by atomic mass is 16.5. The number of hydrogen-bond donors (Lipinski definition) is 1. The van der Waals surface area contributed by atoms with Crippen molar-refractivity contribution < 1.29 is 9.53 Å². The summed E-state index contributed by atoms with van der Waals surface area (Å²) in [5.41, 5.74) is 2.70. The van der Waals surface area contributed by atoms with Crippen LogP contribution in [0.25, 0.3) is 0 Å². The van der Waals surface area contributed by atoms with Gasteiger partial charge in [-0.05, 0) is 41.2 Å². The number of esters is 1. The minimum absolute atomic E-state index is 0.172. The van der Waals surface area contributed by atoms with Gasteiger partial charge in [-0.15, -0.1) is 5.10 Å². The van der Waals surface area contributed by atoms with Crippen LogP contribution >= 0.6 is 0 Å². The molecule has 1 aromatic carbocycles. The van der Waals surface area contributed by atoms with E-state index >= 15 is 0 Å². The van der Waals surface area contributed by atoms with Gasteiger partial charge in [0, 0.05) is 24.4 Å². The molecule has 0 saturated heterocycles. The van der Waals surface area contributed by atoms with Crippen LogP contribution in [0.5, 0.6) is 5.75 Å². The zero-order valence-electron chi connectivity index (χ0n) is 15.2. The second-order valence-corrected chi connectivity index (χ2v) is 7.17. The second kappa shape index (κ2) is 6.99. The molecule has 0 aliphatic carbocycles. The standard InChI is InChI=1S/C19H25N3O2/c1-12(2)15-10-14(21-17-8-7-9-20-22-17)11-16(19(4,5)6)18(15)24-13(3)23/h7-12H,1-6H3,(H,21,22). The van der Waals surface area contributed by atoms with Crippen LogP contribution in [0, 0.1) is 0 Å². The summed E-state index contributed by atoms with van der Waals surface area (Å²) < 4.78 is 5.57. The smallest absolute Gasteiger partial charge is 0.308 e. The van der Waals surface area contributed by atoms with Gasteiger partial charge in [0.1, 0.15) is 5.75 Å². The van der Waals surface area contributed by atoms with Gasteiger partial charge in [0.2, 0.25) is 0 Å². The second-order valence-electron chi connectivity index (χ2n) is 7.17. The van der Waals surface area contributed by atoms with E-state index < -0.39 is 0 Å². The van der Waals surface area contributed by atoms with Gasteiger partial charge in [-0.25, -0.2) is 0 Å². The van der Waals surface area contributed by atoms with Gasteiger partial charge in [0.25, 0.3) is 0 Å². The predicted octanol–water partition coefficient (Wildman–Crippen LogP) is 4.57. The van der Waals surface area contributed by atoms with Crippen molar-refractivity contribution in [3.05, 3.63) is 41.6 Å². The van der Waals surface area contributed by atoms with Gasteiger partial charge in [-0.1, -0.05) is 34.6 Å². The van der Waals surface area contributed by atoms with Crippen molar-refractivity contribution in [2.45, 2.75) is 52.9 Å². The number of nitrogens with one attached hydrogen (secondary N) is 1. The summed E-state index contributed by atoms with van der Waals surface area (Å²) in [6.07, 6.45) is 1.63. The lowest BCUT2D eigenvalue weighted by molar-refractivity contribution is -0.132. The number of carbonyl (C=O) groups is 1. The predicted molar refractivity (Wildman–Crippen MR) is 95.9 cm³/mol. The lowest BCUT2D eigenvalue weighted by atomic mass is 9.83. The van der Waals surface area contributed by atoms with Gasteiger partial charge in [-0.2, -0.15) is 5.10 Å². The maximum Gasteiger partial charge on any atom is 0.308 e. The molecule has 5 nitrogen and oxygen atoms in total. The summed E-state index contributed by atoms with van der Waals surface area (Å²) >= 11 is 0. The van der Waals surface area contributed by atoms with Gasteiger partial charge < -0.3 is 10.1 Å². The summed E-state index contributed by atoms with van der Waals surface area (Å²) in [6.45, 7) is 11.9. The van der Waals surface area contributed by atoms with Crippen LogP contribution in [-0.4, -0.2) is 16.2 Å². The van der Waals surface area contributed by atoms with Crippen LogP contribution in [0.1, 0.15) is 58.6 Å². The Hall–Kier alpha value is -2.43. The number of anilines is 2. The average molecular weight is 327 g/mol. The molecule has 1 aromatic heterocycles. The molecule has 128 valence electrons. The van der Waals surface area contributed by atoms with Crippen molar-refractivity contribution >= 4 is 17.5 Å². The summed E-state index contributed by atoms with van der Waals surface area (Å²) in [7, 11) is 0. The number of carbonyl (C=O) groups excluding carboxylic acids is 1. The number of aromatic nitrogens is 2. The van der Waals surface area contributed by atoms with E-state index in [-0.39, 0.29) is 17.3 Å². The zero-order valence-corrected chi connectivity index (χ0v) is 15.2. The fourth-order valence-corrected chi connectivity index (χ4v) is 2.48. The molecule has 0 unspecified atom stereocenters. The van der Waals surface area contributed by atoms with E-state index in [4.69, 9.17) is 4.74 Å². The summed E-state index contributed by atoms with van der Waals surface area (Å²) in [5, 5.41) is 11.2. The fourth-order valence-electron chi connectivity index (χ4n) is 2.48. The molecular weight excluding hydrogens is 302 g/mol. The first kappa shape index (κ1) is 17.9. The molecule has 0 aliphatic rings. The van der Waals surface area contributed by atoms with Gasteiger partial charge in [-0.3, -0.25) is 4.79 Å². The van der Waals surface area contributed by atoms with E-state index in [2.05, 4.69) is 50.1 Å². The fraction of sp³-hybridized carbons (Fsp3) is 0.421. The number of hydrogen-bond acceptors (Lipinski definition) is 5. The van der Waals surface area contributed by atoms with Crippen molar-refractivity contribution in [2.24, 2.45) is 0 Å². The topological polar surface area (TPSA) is 64.1 Å². The minimum atomic E-state index is -0.308. The molecule has 1 heterocycles.